The molecule has 0 aliphatic carbocycles. The number of ether oxygens (including phenoxy) is 1. The van der Waals surface area contributed by atoms with Crippen LogP contribution in [0.4, 0.5) is 16.3 Å². The number of hydrogen-bond donors (Lipinski definition) is 3. The third-order valence-corrected chi connectivity index (χ3v) is 6.76. The number of fused-ring (bicyclic) bond motifs is 1. The van der Waals surface area contributed by atoms with E-state index in [-0.39, 0.29) is 29.7 Å². The van der Waals surface area contributed by atoms with Crippen molar-refractivity contribution in [2.24, 2.45) is 5.92 Å². The fourth-order valence-electron chi connectivity index (χ4n) is 4.43. The second-order valence-corrected chi connectivity index (χ2v) is 9.86. The lowest BCUT2D eigenvalue weighted by Crippen LogP contribution is -2.56. The number of nitrogens with one attached hydrogen (secondary N) is 3. The van der Waals surface area contributed by atoms with Gasteiger partial charge in [-0.25, -0.2) is 9.78 Å². The highest BCUT2D eigenvalue weighted by molar-refractivity contribution is 6.13. The van der Waals surface area contributed by atoms with Crippen molar-refractivity contribution in [3.63, 3.8) is 0 Å². The number of anilines is 2. The molecule has 3 aromatic rings. The molecule has 4 rings (SSSR count). The smallest absolute Gasteiger partial charge is 0.413 e. The van der Waals surface area contributed by atoms with E-state index in [4.69, 9.17) is 4.74 Å². The minimum Gasteiger partial charge on any atom is -0.424 e. The molecular weight excluding hydrogens is 510 g/mol. The normalized spacial score (nSPS) is 15.6. The molecule has 2 aromatic carbocycles. The molecule has 40 heavy (non-hydrogen) atoms. The summed E-state index contributed by atoms with van der Waals surface area (Å²) in [6, 6.07) is 17.6. The molecule has 0 radical (unpaired) electrons. The molecule has 3 atom stereocenters. The molecule has 1 aliphatic rings. The molecule has 1 aromatic heterocycles. The lowest BCUT2D eigenvalue weighted by atomic mass is 10.0. The van der Waals surface area contributed by atoms with Gasteiger partial charge in [0.05, 0.1) is 11.7 Å². The van der Waals surface area contributed by atoms with Gasteiger partial charge in [0, 0.05) is 29.3 Å². The Morgan fingerprint density at radius 1 is 0.950 bits per heavy atom. The van der Waals surface area contributed by atoms with E-state index >= 15 is 0 Å². The summed E-state index contributed by atoms with van der Waals surface area (Å²) in [5.41, 5.74) is 1.79. The van der Waals surface area contributed by atoms with Crippen molar-refractivity contribution in [2.75, 3.05) is 17.3 Å². The monoisotopic (exact) mass is 543 g/mol. The number of hydrogen-bond acceptors (Lipinski definition) is 7. The van der Waals surface area contributed by atoms with Crippen LogP contribution in [0, 0.1) is 5.92 Å². The van der Waals surface area contributed by atoms with Gasteiger partial charge >= 0.3 is 6.09 Å². The molecule has 10 heteroatoms. The van der Waals surface area contributed by atoms with E-state index < -0.39 is 30.3 Å². The number of para-hydroxylation sites is 1. The van der Waals surface area contributed by atoms with Gasteiger partial charge in [-0.05, 0) is 38.1 Å². The molecule has 3 amide bonds. The molecule has 3 N–H and O–H groups in total. The quantitative estimate of drug-likeness (QED) is 0.352. The number of rotatable bonds is 9. The molecular formula is C30H33N5O5. The average molecular weight is 544 g/mol. The Hall–Kier alpha value is -4.57. The summed E-state index contributed by atoms with van der Waals surface area (Å²) in [4.78, 5) is 58.4. The SMILES string of the molecule is CN[C@@H](C)C(=O)N[C@H](C(=O)N1c2ncccc2C[C@H]1OC(=O)Nc1ccccc1C(=O)c1ccccc1)C(C)C. The number of aromatic nitrogens is 1. The number of carbonyl (C=O) groups is 4. The van der Waals surface area contributed by atoms with Crippen LogP contribution >= 0.6 is 0 Å². The summed E-state index contributed by atoms with van der Waals surface area (Å²) in [6.45, 7) is 5.34. The van der Waals surface area contributed by atoms with Crippen molar-refractivity contribution in [3.05, 3.63) is 89.6 Å². The number of benzene rings is 2. The lowest BCUT2D eigenvalue weighted by molar-refractivity contribution is -0.130. The molecule has 208 valence electrons. The largest absolute Gasteiger partial charge is 0.424 e. The van der Waals surface area contributed by atoms with Gasteiger partial charge < -0.3 is 15.4 Å². The fraction of sp³-hybridized carbons (Fsp3) is 0.300. The number of carbonyl (C=O) groups excluding carboxylic acids is 4. The second kappa shape index (κ2) is 12.5. The van der Waals surface area contributed by atoms with Gasteiger partial charge in [-0.15, -0.1) is 0 Å². The highest BCUT2D eigenvalue weighted by Crippen LogP contribution is 2.32. The van der Waals surface area contributed by atoms with Gasteiger partial charge in [0.2, 0.25) is 5.91 Å². The van der Waals surface area contributed by atoms with E-state index in [1.54, 1.807) is 74.8 Å². The Morgan fingerprint density at radius 3 is 2.35 bits per heavy atom. The van der Waals surface area contributed by atoms with Crippen LogP contribution in [-0.2, 0) is 20.7 Å². The first kappa shape index (κ1) is 28.4. The number of amides is 3. The summed E-state index contributed by atoms with van der Waals surface area (Å²) < 4.78 is 5.75. The van der Waals surface area contributed by atoms with Crippen molar-refractivity contribution < 1.29 is 23.9 Å². The number of likely N-dealkylation sites (N-methyl/N-ethyl adjacent to an activating group) is 1. The zero-order valence-corrected chi connectivity index (χ0v) is 22.9. The molecule has 1 aliphatic heterocycles. The van der Waals surface area contributed by atoms with Crippen LogP contribution in [0.15, 0.2) is 72.9 Å². The van der Waals surface area contributed by atoms with Crippen LogP contribution in [0.5, 0.6) is 0 Å². The maximum absolute atomic E-state index is 13.8. The highest BCUT2D eigenvalue weighted by Gasteiger charge is 2.42. The van der Waals surface area contributed by atoms with Gasteiger partial charge in [-0.2, -0.15) is 0 Å². The molecule has 10 nitrogen and oxygen atoms in total. The van der Waals surface area contributed by atoms with Crippen LogP contribution < -0.4 is 20.9 Å². The number of pyridine rings is 1. The maximum Gasteiger partial charge on any atom is 0.413 e. The molecule has 0 saturated carbocycles. The minimum atomic E-state index is -1.01. The van der Waals surface area contributed by atoms with E-state index in [9.17, 15) is 19.2 Å². The zero-order chi connectivity index (χ0) is 28.8. The summed E-state index contributed by atoms with van der Waals surface area (Å²) in [7, 11) is 1.66. The van der Waals surface area contributed by atoms with Crippen LogP contribution in [-0.4, -0.2) is 54.0 Å². The van der Waals surface area contributed by atoms with Crippen molar-refractivity contribution in [3.8, 4) is 0 Å². The van der Waals surface area contributed by atoms with Gasteiger partial charge in [-0.1, -0.05) is 62.4 Å². The van der Waals surface area contributed by atoms with Gasteiger partial charge in [0.1, 0.15) is 11.9 Å². The van der Waals surface area contributed by atoms with Crippen LogP contribution in [0.2, 0.25) is 0 Å². The van der Waals surface area contributed by atoms with Crippen LogP contribution in [0.1, 0.15) is 42.3 Å². The van der Waals surface area contributed by atoms with Crippen LogP contribution in [0.25, 0.3) is 0 Å². The first-order valence-corrected chi connectivity index (χ1v) is 13.1. The summed E-state index contributed by atoms with van der Waals surface area (Å²) in [6.07, 6.45) is -0.0652. The standard InChI is InChI=1S/C30H33N5O5/c1-18(2)25(34-28(37)19(3)31-4)29(38)35-24(17-21-13-10-16-32-27(21)35)40-30(39)33-23-15-9-8-14-22(23)26(36)20-11-6-5-7-12-20/h5-16,18-19,24-25,31H,17H2,1-4H3,(H,33,39)(H,34,37)/t19-,24+,25-/m0/s1. The first-order chi connectivity index (χ1) is 19.2. The van der Waals surface area contributed by atoms with E-state index in [0.29, 0.717) is 16.9 Å². The van der Waals surface area contributed by atoms with Gasteiger partial charge in [0.15, 0.2) is 12.0 Å². The topological polar surface area (TPSA) is 130 Å². The zero-order valence-electron chi connectivity index (χ0n) is 22.9. The Balaban J connectivity index is 1.56. The Kier molecular flexibility index (Phi) is 8.90. The van der Waals surface area contributed by atoms with Crippen molar-refractivity contribution in [1.29, 1.82) is 0 Å². The predicted octanol–water partition coefficient (Wildman–Crippen LogP) is 3.53. The van der Waals surface area contributed by atoms with E-state index in [1.165, 1.54) is 4.90 Å². The Labute approximate surface area is 233 Å². The van der Waals surface area contributed by atoms with Gasteiger partial charge in [-0.3, -0.25) is 24.6 Å². The number of ketones is 1. The maximum atomic E-state index is 13.8. The molecule has 0 fully saturated rings. The van der Waals surface area contributed by atoms with Crippen molar-refractivity contribution >= 4 is 35.2 Å². The van der Waals surface area contributed by atoms with Crippen molar-refractivity contribution in [2.45, 2.75) is 45.5 Å². The summed E-state index contributed by atoms with van der Waals surface area (Å²) in [5, 5.41) is 8.34. The van der Waals surface area contributed by atoms with E-state index in [0.717, 1.165) is 5.56 Å². The molecule has 0 bridgehead atoms. The van der Waals surface area contributed by atoms with Crippen LogP contribution in [0.3, 0.4) is 0 Å². The van der Waals surface area contributed by atoms with Crippen molar-refractivity contribution in [1.82, 2.24) is 15.6 Å². The lowest BCUT2D eigenvalue weighted by Gasteiger charge is -2.31. The van der Waals surface area contributed by atoms with Gasteiger partial charge in [0.25, 0.3) is 5.91 Å². The predicted molar refractivity (Wildman–Crippen MR) is 151 cm³/mol. The third-order valence-electron chi connectivity index (χ3n) is 6.76. The molecule has 0 unspecified atom stereocenters. The number of nitrogens with zero attached hydrogens (tertiary/aromatic N) is 2. The average Bonchev–Trinajstić information content (AvgIpc) is 3.32. The Morgan fingerprint density at radius 2 is 1.65 bits per heavy atom. The highest BCUT2D eigenvalue weighted by atomic mass is 16.6. The fourth-order valence-corrected chi connectivity index (χ4v) is 4.43. The Bertz CT molecular complexity index is 1390. The molecule has 0 spiro atoms. The first-order valence-electron chi connectivity index (χ1n) is 13.1. The second-order valence-electron chi connectivity index (χ2n) is 9.86. The molecule has 2 heterocycles. The minimum absolute atomic E-state index is 0.221. The summed E-state index contributed by atoms with van der Waals surface area (Å²) >= 11 is 0. The van der Waals surface area contributed by atoms with E-state index in [1.807, 2.05) is 26.0 Å². The summed E-state index contributed by atoms with van der Waals surface area (Å²) in [5.74, 6) is -0.909. The third kappa shape index (κ3) is 6.18. The van der Waals surface area contributed by atoms with E-state index in [2.05, 4.69) is 20.9 Å². The molecule has 0 saturated heterocycles.